The summed E-state index contributed by atoms with van der Waals surface area (Å²) in [5, 5.41) is 16.0. The third-order valence-electron chi connectivity index (χ3n) is 3.05. The van der Waals surface area contributed by atoms with E-state index in [1.165, 1.54) is 4.68 Å². The predicted octanol–water partition coefficient (Wildman–Crippen LogP) is 1.70. The van der Waals surface area contributed by atoms with Crippen molar-refractivity contribution in [3.8, 4) is 0 Å². The van der Waals surface area contributed by atoms with E-state index in [4.69, 9.17) is 5.11 Å². The SMILES string of the molecule is CC(C)C(C)CNc1cnn(CCO)c(=O)c1Br. The molecule has 0 aliphatic carbocycles. The maximum absolute atomic E-state index is 11.9. The van der Waals surface area contributed by atoms with Gasteiger partial charge in [0.25, 0.3) is 5.56 Å². The minimum atomic E-state index is -0.230. The van der Waals surface area contributed by atoms with E-state index in [-0.39, 0.29) is 18.7 Å². The average Bonchev–Trinajstić information content (AvgIpc) is 2.33. The summed E-state index contributed by atoms with van der Waals surface area (Å²) >= 11 is 3.27. The van der Waals surface area contributed by atoms with Crippen LogP contribution < -0.4 is 10.9 Å². The number of hydrogen-bond acceptors (Lipinski definition) is 4. The first kappa shape index (κ1) is 15.2. The Kier molecular flexibility index (Phi) is 5.81. The number of nitrogens with one attached hydrogen (secondary N) is 1. The monoisotopic (exact) mass is 317 g/mol. The molecule has 0 amide bonds. The highest BCUT2D eigenvalue weighted by atomic mass is 79.9. The van der Waals surface area contributed by atoms with Gasteiger partial charge in [-0.15, -0.1) is 0 Å². The summed E-state index contributed by atoms with van der Waals surface area (Å²) in [6, 6.07) is 0. The van der Waals surface area contributed by atoms with Crippen molar-refractivity contribution in [2.45, 2.75) is 27.3 Å². The van der Waals surface area contributed by atoms with E-state index in [0.29, 0.717) is 22.0 Å². The summed E-state index contributed by atoms with van der Waals surface area (Å²) in [6.07, 6.45) is 1.61. The summed E-state index contributed by atoms with van der Waals surface area (Å²) in [4.78, 5) is 11.9. The number of halogens is 1. The van der Waals surface area contributed by atoms with Crippen LogP contribution in [0.3, 0.4) is 0 Å². The van der Waals surface area contributed by atoms with Crippen LogP contribution in [0, 0.1) is 11.8 Å². The molecule has 0 radical (unpaired) electrons. The predicted molar refractivity (Wildman–Crippen MR) is 75.8 cm³/mol. The molecule has 1 aromatic heterocycles. The van der Waals surface area contributed by atoms with Gasteiger partial charge in [0.15, 0.2) is 0 Å². The minimum absolute atomic E-state index is 0.101. The molecule has 1 aromatic rings. The van der Waals surface area contributed by atoms with Crippen molar-refractivity contribution in [1.82, 2.24) is 9.78 Å². The van der Waals surface area contributed by atoms with Crippen LogP contribution in [0.5, 0.6) is 0 Å². The molecular formula is C12H20BrN3O2. The number of nitrogens with zero attached hydrogens (tertiary/aromatic N) is 2. The van der Waals surface area contributed by atoms with Crippen molar-refractivity contribution in [2.24, 2.45) is 11.8 Å². The van der Waals surface area contributed by atoms with Gasteiger partial charge in [-0.1, -0.05) is 20.8 Å². The number of aromatic nitrogens is 2. The Bertz CT molecular complexity index is 445. The normalized spacial score (nSPS) is 12.8. The topological polar surface area (TPSA) is 67.2 Å². The van der Waals surface area contributed by atoms with E-state index in [1.54, 1.807) is 6.20 Å². The van der Waals surface area contributed by atoms with Gasteiger partial charge in [0.1, 0.15) is 4.47 Å². The standard InChI is InChI=1S/C12H20BrN3O2/c1-8(2)9(3)6-14-10-7-15-16(4-5-17)12(18)11(10)13/h7-9,14,17H,4-6H2,1-3H3. The second-order valence-electron chi connectivity index (χ2n) is 4.73. The molecule has 0 fully saturated rings. The Balaban J connectivity index is 2.79. The molecule has 5 nitrogen and oxygen atoms in total. The quantitative estimate of drug-likeness (QED) is 0.838. The highest BCUT2D eigenvalue weighted by molar-refractivity contribution is 9.10. The van der Waals surface area contributed by atoms with Crippen molar-refractivity contribution in [2.75, 3.05) is 18.5 Å². The summed E-state index contributed by atoms with van der Waals surface area (Å²) in [5.74, 6) is 1.09. The van der Waals surface area contributed by atoms with Crippen molar-refractivity contribution in [3.05, 3.63) is 21.0 Å². The van der Waals surface area contributed by atoms with Crippen LogP contribution in [0.25, 0.3) is 0 Å². The van der Waals surface area contributed by atoms with Crippen LogP contribution >= 0.6 is 15.9 Å². The van der Waals surface area contributed by atoms with Gasteiger partial charge in [0.05, 0.1) is 25.0 Å². The van der Waals surface area contributed by atoms with Gasteiger partial charge in [-0.05, 0) is 27.8 Å². The summed E-state index contributed by atoms with van der Waals surface area (Å²) in [7, 11) is 0. The van der Waals surface area contributed by atoms with Crippen LogP contribution in [0.1, 0.15) is 20.8 Å². The van der Waals surface area contributed by atoms with E-state index in [2.05, 4.69) is 47.1 Å². The third-order valence-corrected chi connectivity index (χ3v) is 3.82. The fourth-order valence-electron chi connectivity index (χ4n) is 1.35. The Morgan fingerprint density at radius 2 is 2.17 bits per heavy atom. The van der Waals surface area contributed by atoms with Gasteiger partial charge in [-0.25, -0.2) is 4.68 Å². The summed E-state index contributed by atoms with van der Waals surface area (Å²) in [5.41, 5.74) is 0.466. The van der Waals surface area contributed by atoms with Crippen LogP contribution in [-0.4, -0.2) is 28.0 Å². The minimum Gasteiger partial charge on any atom is -0.394 e. The smallest absolute Gasteiger partial charge is 0.283 e. The van der Waals surface area contributed by atoms with E-state index in [1.807, 2.05) is 0 Å². The molecular weight excluding hydrogens is 298 g/mol. The van der Waals surface area contributed by atoms with Gasteiger partial charge < -0.3 is 10.4 Å². The Morgan fingerprint density at radius 3 is 2.72 bits per heavy atom. The maximum Gasteiger partial charge on any atom is 0.283 e. The lowest BCUT2D eigenvalue weighted by Crippen LogP contribution is -2.26. The lowest BCUT2D eigenvalue weighted by molar-refractivity contribution is 0.266. The zero-order valence-electron chi connectivity index (χ0n) is 11.0. The summed E-state index contributed by atoms with van der Waals surface area (Å²) < 4.78 is 1.70. The molecule has 6 heteroatoms. The second kappa shape index (κ2) is 6.89. The third kappa shape index (κ3) is 3.81. The lowest BCUT2D eigenvalue weighted by Gasteiger charge is -2.17. The van der Waals surface area contributed by atoms with Crippen LogP contribution in [0.4, 0.5) is 5.69 Å². The van der Waals surface area contributed by atoms with Crippen molar-refractivity contribution < 1.29 is 5.11 Å². The Labute approximate surface area is 115 Å². The van der Waals surface area contributed by atoms with Crippen molar-refractivity contribution >= 4 is 21.6 Å². The van der Waals surface area contributed by atoms with Gasteiger partial charge >= 0.3 is 0 Å². The van der Waals surface area contributed by atoms with Crippen molar-refractivity contribution in [1.29, 1.82) is 0 Å². The molecule has 18 heavy (non-hydrogen) atoms. The fraction of sp³-hybridized carbons (Fsp3) is 0.667. The van der Waals surface area contributed by atoms with Crippen molar-refractivity contribution in [3.63, 3.8) is 0 Å². The lowest BCUT2D eigenvalue weighted by atomic mass is 9.98. The number of aliphatic hydroxyl groups excluding tert-OH is 1. The number of hydrogen-bond donors (Lipinski definition) is 2. The number of anilines is 1. The van der Waals surface area contributed by atoms with E-state index in [0.717, 1.165) is 6.54 Å². The molecule has 0 aliphatic heterocycles. The van der Waals surface area contributed by atoms with E-state index >= 15 is 0 Å². The number of aliphatic hydroxyl groups is 1. The Hall–Kier alpha value is -0.880. The largest absolute Gasteiger partial charge is 0.394 e. The molecule has 2 N–H and O–H groups in total. The molecule has 1 unspecified atom stereocenters. The zero-order chi connectivity index (χ0) is 13.7. The van der Waals surface area contributed by atoms with Gasteiger partial charge in [0.2, 0.25) is 0 Å². The fourth-order valence-corrected chi connectivity index (χ4v) is 1.80. The molecule has 0 aliphatic rings. The van der Waals surface area contributed by atoms with Gasteiger partial charge in [-0.3, -0.25) is 4.79 Å². The molecule has 0 saturated carbocycles. The first-order valence-corrected chi connectivity index (χ1v) is 6.87. The zero-order valence-corrected chi connectivity index (χ0v) is 12.6. The summed E-state index contributed by atoms with van der Waals surface area (Å²) in [6.45, 7) is 7.39. The molecule has 0 saturated heterocycles. The maximum atomic E-state index is 11.9. The van der Waals surface area contributed by atoms with Crippen LogP contribution in [-0.2, 0) is 6.54 Å². The Morgan fingerprint density at radius 1 is 1.50 bits per heavy atom. The first-order valence-electron chi connectivity index (χ1n) is 6.07. The second-order valence-corrected chi connectivity index (χ2v) is 5.52. The average molecular weight is 318 g/mol. The molecule has 1 heterocycles. The van der Waals surface area contributed by atoms with Crippen LogP contribution in [0.2, 0.25) is 0 Å². The van der Waals surface area contributed by atoms with E-state index < -0.39 is 0 Å². The number of rotatable bonds is 6. The molecule has 1 rings (SSSR count). The molecule has 0 aromatic carbocycles. The molecule has 1 atom stereocenters. The first-order chi connectivity index (χ1) is 8.47. The van der Waals surface area contributed by atoms with Gasteiger partial charge in [0, 0.05) is 6.54 Å². The molecule has 102 valence electrons. The van der Waals surface area contributed by atoms with Crippen LogP contribution in [0.15, 0.2) is 15.5 Å². The highest BCUT2D eigenvalue weighted by Gasteiger charge is 2.11. The van der Waals surface area contributed by atoms with E-state index in [9.17, 15) is 4.79 Å². The molecule has 0 spiro atoms. The highest BCUT2D eigenvalue weighted by Crippen LogP contribution is 2.18. The van der Waals surface area contributed by atoms with Gasteiger partial charge in [-0.2, -0.15) is 5.10 Å². The molecule has 0 bridgehead atoms.